The lowest BCUT2D eigenvalue weighted by molar-refractivity contribution is 0.254. The second-order valence-corrected chi connectivity index (χ2v) is 8.43. The molecule has 0 nitrogen and oxygen atoms in total. The Morgan fingerprint density at radius 3 is 1.72 bits per heavy atom. The van der Waals surface area contributed by atoms with Crippen molar-refractivity contribution in [3.8, 4) is 11.8 Å². The highest BCUT2D eigenvalue weighted by molar-refractivity contribution is 5.44. The van der Waals surface area contributed by atoms with Crippen molar-refractivity contribution in [2.24, 2.45) is 11.8 Å². The van der Waals surface area contributed by atoms with E-state index in [1.807, 2.05) is 6.08 Å². The van der Waals surface area contributed by atoms with Gasteiger partial charge in [-0.1, -0.05) is 73.9 Å². The maximum Gasteiger partial charge on any atom is 0.0249 e. The van der Waals surface area contributed by atoms with Crippen molar-refractivity contribution in [3.63, 3.8) is 0 Å². The van der Waals surface area contributed by atoms with Crippen LogP contribution in [0.3, 0.4) is 0 Å². The summed E-state index contributed by atoms with van der Waals surface area (Å²) in [6, 6.07) is 17.3. The van der Waals surface area contributed by atoms with E-state index in [0.717, 1.165) is 29.4 Å². The summed E-state index contributed by atoms with van der Waals surface area (Å²) in [4.78, 5) is 0. The Hall–Kier alpha value is -2.52. The summed E-state index contributed by atoms with van der Waals surface area (Å²) in [7, 11) is 0. The van der Waals surface area contributed by atoms with Gasteiger partial charge in [-0.2, -0.15) is 0 Å². The van der Waals surface area contributed by atoms with Gasteiger partial charge in [0, 0.05) is 11.1 Å². The van der Waals surface area contributed by atoms with Crippen molar-refractivity contribution in [2.45, 2.75) is 57.8 Å². The zero-order valence-electron chi connectivity index (χ0n) is 17.7. The quantitative estimate of drug-likeness (QED) is 0.327. The lowest BCUT2D eigenvalue weighted by Crippen LogP contribution is -2.15. The molecule has 0 saturated heterocycles. The second kappa shape index (κ2) is 11.5. The normalized spacial score (nSPS) is 18.5. The molecule has 2 aromatic rings. The Bertz CT molecular complexity index is 818. The average Bonchev–Trinajstić information content (AvgIpc) is 2.77. The van der Waals surface area contributed by atoms with Crippen LogP contribution in [0, 0.1) is 23.7 Å². The molecular formula is C29H34. The fourth-order valence-corrected chi connectivity index (χ4v) is 4.32. The lowest BCUT2D eigenvalue weighted by atomic mass is 9.78. The number of hydrogen-bond donors (Lipinski definition) is 0. The van der Waals surface area contributed by atoms with E-state index in [9.17, 15) is 0 Å². The predicted molar refractivity (Wildman–Crippen MR) is 126 cm³/mol. The van der Waals surface area contributed by atoms with Gasteiger partial charge in [0.1, 0.15) is 0 Å². The molecule has 0 bridgehead atoms. The van der Waals surface area contributed by atoms with Crippen molar-refractivity contribution in [1.82, 2.24) is 0 Å². The predicted octanol–water partition coefficient (Wildman–Crippen LogP) is 7.52. The third-order valence-electron chi connectivity index (χ3n) is 6.23. The van der Waals surface area contributed by atoms with Crippen molar-refractivity contribution in [1.29, 1.82) is 0 Å². The number of aryl methyl sites for hydroxylation is 1. The van der Waals surface area contributed by atoms with Gasteiger partial charge in [0.05, 0.1) is 0 Å². The summed E-state index contributed by atoms with van der Waals surface area (Å²) < 4.78 is 0. The molecule has 1 saturated carbocycles. The van der Waals surface area contributed by atoms with Gasteiger partial charge in [0.15, 0.2) is 0 Å². The maximum atomic E-state index is 3.85. The number of benzene rings is 2. The Kier molecular flexibility index (Phi) is 8.39. The van der Waals surface area contributed by atoms with Gasteiger partial charge in [0.25, 0.3) is 0 Å². The standard InChI is InChI=1S/C29H34/c1-3-5-7-25-10-14-27(15-11-25)17-19-29-22-20-28(21-23-29)18-16-26-12-8-24(6-4-2)9-13-26/h3-4,8-9,12-13,20-23,25,27H,1-2,5-7,10-11,14-15,17,19H2. The molecule has 0 aromatic heterocycles. The first-order valence-electron chi connectivity index (χ1n) is 11.2. The van der Waals surface area contributed by atoms with E-state index < -0.39 is 0 Å². The van der Waals surface area contributed by atoms with Gasteiger partial charge in [-0.3, -0.25) is 0 Å². The van der Waals surface area contributed by atoms with Crippen molar-refractivity contribution >= 4 is 0 Å². The van der Waals surface area contributed by atoms with Crippen LogP contribution in [0.15, 0.2) is 73.8 Å². The van der Waals surface area contributed by atoms with E-state index in [0.29, 0.717) is 0 Å². The largest absolute Gasteiger partial charge is 0.103 e. The first-order chi connectivity index (χ1) is 14.3. The van der Waals surface area contributed by atoms with Gasteiger partial charge in [-0.05, 0) is 79.3 Å². The first kappa shape index (κ1) is 21.2. The van der Waals surface area contributed by atoms with Crippen molar-refractivity contribution in [2.75, 3.05) is 0 Å². The fourth-order valence-electron chi connectivity index (χ4n) is 4.32. The van der Waals surface area contributed by atoms with E-state index in [4.69, 9.17) is 0 Å². The van der Waals surface area contributed by atoms with E-state index in [1.54, 1.807) is 0 Å². The lowest BCUT2D eigenvalue weighted by Gasteiger charge is -2.28. The van der Waals surface area contributed by atoms with E-state index in [2.05, 4.69) is 79.6 Å². The molecule has 1 fully saturated rings. The van der Waals surface area contributed by atoms with Gasteiger partial charge < -0.3 is 0 Å². The van der Waals surface area contributed by atoms with Gasteiger partial charge in [-0.15, -0.1) is 13.2 Å². The van der Waals surface area contributed by atoms with Crippen LogP contribution in [0.2, 0.25) is 0 Å². The molecular weight excluding hydrogens is 348 g/mol. The molecule has 0 amide bonds. The van der Waals surface area contributed by atoms with Crippen LogP contribution in [0.25, 0.3) is 0 Å². The minimum absolute atomic E-state index is 0.909. The number of rotatable bonds is 8. The van der Waals surface area contributed by atoms with Crippen molar-refractivity contribution in [3.05, 3.63) is 96.1 Å². The van der Waals surface area contributed by atoms with Crippen LogP contribution in [0.1, 0.15) is 67.2 Å². The third kappa shape index (κ3) is 7.10. The van der Waals surface area contributed by atoms with E-state index >= 15 is 0 Å². The van der Waals surface area contributed by atoms with Crippen LogP contribution in [-0.2, 0) is 12.8 Å². The molecule has 0 heterocycles. The molecule has 0 radical (unpaired) electrons. The molecule has 1 aliphatic rings. The molecule has 0 atom stereocenters. The highest BCUT2D eigenvalue weighted by atomic mass is 14.3. The van der Waals surface area contributed by atoms with Gasteiger partial charge in [-0.25, -0.2) is 0 Å². The molecule has 150 valence electrons. The van der Waals surface area contributed by atoms with E-state index in [1.165, 1.54) is 62.5 Å². The summed E-state index contributed by atoms with van der Waals surface area (Å²) in [5.74, 6) is 8.42. The molecule has 0 heteroatoms. The molecule has 3 rings (SSSR count). The van der Waals surface area contributed by atoms with Crippen molar-refractivity contribution < 1.29 is 0 Å². The van der Waals surface area contributed by atoms with Crippen LogP contribution >= 0.6 is 0 Å². The second-order valence-electron chi connectivity index (χ2n) is 8.43. The zero-order chi connectivity index (χ0) is 20.3. The molecule has 0 unspecified atom stereocenters. The third-order valence-corrected chi connectivity index (χ3v) is 6.23. The first-order valence-corrected chi connectivity index (χ1v) is 11.2. The Balaban J connectivity index is 1.45. The van der Waals surface area contributed by atoms with Crippen LogP contribution in [-0.4, -0.2) is 0 Å². The van der Waals surface area contributed by atoms with Crippen LogP contribution in [0.4, 0.5) is 0 Å². The number of hydrogen-bond acceptors (Lipinski definition) is 0. The molecule has 0 spiro atoms. The highest BCUT2D eigenvalue weighted by Gasteiger charge is 2.20. The molecule has 2 aromatic carbocycles. The summed E-state index contributed by atoms with van der Waals surface area (Å²) >= 11 is 0. The van der Waals surface area contributed by atoms with Crippen LogP contribution < -0.4 is 0 Å². The molecule has 0 aliphatic heterocycles. The summed E-state index contributed by atoms with van der Waals surface area (Å²) in [6.07, 6.45) is 15.6. The zero-order valence-corrected chi connectivity index (χ0v) is 17.7. The maximum absolute atomic E-state index is 3.85. The van der Waals surface area contributed by atoms with Crippen LogP contribution in [0.5, 0.6) is 0 Å². The Morgan fingerprint density at radius 1 is 0.690 bits per heavy atom. The summed E-state index contributed by atoms with van der Waals surface area (Å²) in [6.45, 7) is 7.64. The monoisotopic (exact) mass is 382 g/mol. The molecule has 0 N–H and O–H groups in total. The summed E-state index contributed by atoms with van der Waals surface area (Å²) in [5.41, 5.74) is 4.87. The molecule has 29 heavy (non-hydrogen) atoms. The van der Waals surface area contributed by atoms with Gasteiger partial charge >= 0.3 is 0 Å². The minimum atomic E-state index is 0.909. The molecule has 1 aliphatic carbocycles. The Morgan fingerprint density at radius 2 is 1.21 bits per heavy atom. The Labute approximate surface area is 177 Å². The summed E-state index contributed by atoms with van der Waals surface area (Å²) in [5, 5.41) is 0. The van der Waals surface area contributed by atoms with E-state index in [-0.39, 0.29) is 0 Å². The van der Waals surface area contributed by atoms with Gasteiger partial charge in [0.2, 0.25) is 0 Å². The number of allylic oxidation sites excluding steroid dienone is 2. The highest BCUT2D eigenvalue weighted by Crippen LogP contribution is 2.33. The smallest absolute Gasteiger partial charge is 0.0249 e. The average molecular weight is 383 g/mol. The minimum Gasteiger partial charge on any atom is -0.103 e. The SMILES string of the molecule is C=CCCC1CCC(CCc2ccc(C#Cc3ccc(CC=C)cc3)cc2)CC1. The fraction of sp³-hybridized carbons (Fsp3) is 0.379. The topological polar surface area (TPSA) is 0 Å².